The van der Waals surface area contributed by atoms with Gasteiger partial charge in [-0.3, -0.25) is 9.69 Å². The molecule has 1 amide bonds. The molecule has 1 aliphatic rings. The van der Waals surface area contributed by atoms with Gasteiger partial charge < -0.3 is 20.3 Å². The Hall–Kier alpha value is -2.78. The quantitative estimate of drug-likeness (QED) is 0.344. The van der Waals surface area contributed by atoms with Gasteiger partial charge in [-0.25, -0.2) is 18.2 Å². The lowest BCUT2D eigenvalue weighted by Gasteiger charge is -2.41. The number of aliphatic hydroxyl groups excluding tert-OH is 1. The molecule has 1 fully saturated rings. The van der Waals surface area contributed by atoms with Crippen LogP contribution in [0.4, 0.5) is 13.2 Å². The van der Waals surface area contributed by atoms with Gasteiger partial charge in [0.1, 0.15) is 29.7 Å². The van der Waals surface area contributed by atoms with Crippen LogP contribution in [-0.4, -0.2) is 75.4 Å². The predicted octanol–water partition coefficient (Wildman–Crippen LogP) is 3.90. The van der Waals surface area contributed by atoms with Crippen molar-refractivity contribution in [3.05, 3.63) is 71.7 Å². The number of likely N-dealkylation sites (tertiary alicyclic amines) is 1. The number of rotatable bonds is 10. The molecule has 2 aromatic carbocycles. The first-order valence-electron chi connectivity index (χ1n) is 14.2. The molecule has 0 radical (unpaired) electrons. The monoisotopic (exact) mass is 603 g/mol. The second-order valence-corrected chi connectivity index (χ2v) is 12.9. The Morgan fingerprint density at radius 2 is 1.95 bits per heavy atom. The Labute approximate surface area is 248 Å². The Morgan fingerprint density at radius 3 is 2.60 bits per heavy atom. The van der Waals surface area contributed by atoms with Gasteiger partial charge in [-0.2, -0.15) is 0 Å². The van der Waals surface area contributed by atoms with E-state index in [4.69, 9.17) is 10.7 Å². The molecule has 0 bridgehead atoms. The SMILES string of the molecule is C[C@H](O)C(=O)N(CC1CN(CCN)CC1F)C(c1nc(-c2cc(P)ccc2F)cn1Cc1cccc(F)c1)C(C)(C)C. The number of nitrogens with zero attached hydrogens (tertiary/aromatic N) is 4. The summed E-state index contributed by atoms with van der Waals surface area (Å²) in [4.78, 5) is 22.0. The van der Waals surface area contributed by atoms with E-state index in [1.54, 1.807) is 35.0 Å². The molecule has 7 nitrogen and oxygen atoms in total. The minimum atomic E-state index is -1.34. The van der Waals surface area contributed by atoms with E-state index in [2.05, 4.69) is 9.24 Å². The fourth-order valence-electron chi connectivity index (χ4n) is 5.74. The molecule has 0 aliphatic carbocycles. The summed E-state index contributed by atoms with van der Waals surface area (Å²) in [5.41, 5.74) is 6.34. The molecule has 0 spiro atoms. The van der Waals surface area contributed by atoms with Crippen LogP contribution in [0.2, 0.25) is 0 Å². The average molecular weight is 604 g/mol. The smallest absolute Gasteiger partial charge is 0.251 e. The number of halogens is 3. The van der Waals surface area contributed by atoms with Gasteiger partial charge in [-0.05, 0) is 47.5 Å². The third-order valence-corrected chi connectivity index (χ3v) is 8.01. The fraction of sp³-hybridized carbons (Fsp3) is 0.484. The summed E-state index contributed by atoms with van der Waals surface area (Å²) in [6.07, 6.45) is -0.821. The van der Waals surface area contributed by atoms with Crippen molar-refractivity contribution >= 4 is 20.5 Å². The van der Waals surface area contributed by atoms with E-state index in [-0.39, 0.29) is 25.2 Å². The summed E-state index contributed by atoms with van der Waals surface area (Å²) >= 11 is 0. The van der Waals surface area contributed by atoms with E-state index in [1.807, 2.05) is 25.7 Å². The van der Waals surface area contributed by atoms with Gasteiger partial charge in [0.2, 0.25) is 0 Å². The van der Waals surface area contributed by atoms with Gasteiger partial charge in [0.05, 0.1) is 11.7 Å². The molecule has 4 rings (SSSR count). The number of hydrogen-bond donors (Lipinski definition) is 2. The van der Waals surface area contributed by atoms with E-state index in [0.29, 0.717) is 36.7 Å². The summed E-state index contributed by atoms with van der Waals surface area (Å²) < 4.78 is 46.3. The number of aromatic nitrogens is 2. The Kier molecular flexibility index (Phi) is 10.1. The lowest BCUT2D eigenvalue weighted by atomic mass is 9.84. The summed E-state index contributed by atoms with van der Waals surface area (Å²) in [6.45, 7) is 9.04. The molecule has 0 saturated carbocycles. The van der Waals surface area contributed by atoms with Gasteiger partial charge in [-0.15, -0.1) is 9.24 Å². The average Bonchev–Trinajstić information content (AvgIpc) is 3.46. The molecule has 11 heteroatoms. The van der Waals surface area contributed by atoms with Crippen LogP contribution < -0.4 is 11.0 Å². The van der Waals surface area contributed by atoms with Crippen molar-refractivity contribution < 1.29 is 23.1 Å². The first-order chi connectivity index (χ1) is 19.8. The molecule has 5 atom stereocenters. The molecule has 1 aromatic heterocycles. The summed E-state index contributed by atoms with van der Waals surface area (Å²) in [5, 5.41) is 11.2. The summed E-state index contributed by atoms with van der Waals surface area (Å²) in [6, 6.07) is 10.1. The molecule has 4 unspecified atom stereocenters. The molecule has 1 saturated heterocycles. The van der Waals surface area contributed by atoms with E-state index < -0.39 is 47.2 Å². The second-order valence-electron chi connectivity index (χ2n) is 12.2. The number of aliphatic hydroxyl groups is 1. The van der Waals surface area contributed by atoms with Crippen LogP contribution in [0.3, 0.4) is 0 Å². The van der Waals surface area contributed by atoms with E-state index in [0.717, 1.165) is 5.30 Å². The van der Waals surface area contributed by atoms with Gasteiger partial charge in [-0.1, -0.05) is 39.0 Å². The zero-order valence-electron chi connectivity index (χ0n) is 24.6. The number of alkyl halides is 1. The van der Waals surface area contributed by atoms with Crippen molar-refractivity contribution in [1.29, 1.82) is 0 Å². The van der Waals surface area contributed by atoms with E-state index >= 15 is 8.78 Å². The number of carbonyl (C=O) groups is 1. The molecular formula is C31H41F3N5O2P. The van der Waals surface area contributed by atoms with E-state index in [1.165, 1.54) is 30.0 Å². The molecule has 2 heterocycles. The normalized spacial score (nSPS) is 19.2. The molecule has 42 heavy (non-hydrogen) atoms. The van der Waals surface area contributed by atoms with Crippen molar-refractivity contribution in [2.24, 2.45) is 17.1 Å². The van der Waals surface area contributed by atoms with Gasteiger partial charge >= 0.3 is 0 Å². The topological polar surface area (TPSA) is 87.6 Å². The Morgan fingerprint density at radius 1 is 1.21 bits per heavy atom. The number of amides is 1. The highest BCUT2D eigenvalue weighted by Crippen LogP contribution is 2.40. The van der Waals surface area contributed by atoms with Crippen molar-refractivity contribution in [2.45, 2.75) is 52.6 Å². The Balaban J connectivity index is 1.86. The van der Waals surface area contributed by atoms with Gasteiger partial charge in [0.15, 0.2) is 0 Å². The maximum atomic E-state index is 15.3. The molecular weight excluding hydrogens is 562 g/mol. The van der Waals surface area contributed by atoms with Crippen molar-refractivity contribution in [2.75, 3.05) is 32.7 Å². The molecule has 1 aliphatic heterocycles. The van der Waals surface area contributed by atoms with Crippen LogP contribution >= 0.6 is 9.24 Å². The largest absolute Gasteiger partial charge is 0.384 e. The third kappa shape index (κ3) is 7.40. The molecule has 3 aromatic rings. The first-order valence-corrected chi connectivity index (χ1v) is 14.8. The third-order valence-electron chi connectivity index (χ3n) is 7.65. The fourth-order valence-corrected chi connectivity index (χ4v) is 6.00. The number of benzene rings is 2. The summed E-state index contributed by atoms with van der Waals surface area (Å²) in [5.74, 6) is -1.48. The van der Waals surface area contributed by atoms with Crippen molar-refractivity contribution in [1.82, 2.24) is 19.4 Å². The van der Waals surface area contributed by atoms with Crippen LogP contribution in [0, 0.1) is 23.0 Å². The maximum absolute atomic E-state index is 15.3. The predicted molar refractivity (Wildman–Crippen MR) is 162 cm³/mol. The van der Waals surface area contributed by atoms with Gasteiger partial charge in [0, 0.05) is 56.9 Å². The number of nitrogens with two attached hydrogens (primary N) is 1. The van der Waals surface area contributed by atoms with Crippen LogP contribution in [0.15, 0.2) is 48.7 Å². The van der Waals surface area contributed by atoms with Crippen LogP contribution in [-0.2, 0) is 11.3 Å². The minimum Gasteiger partial charge on any atom is -0.384 e. The lowest BCUT2D eigenvalue weighted by molar-refractivity contribution is -0.146. The van der Waals surface area contributed by atoms with Crippen molar-refractivity contribution in [3.63, 3.8) is 0 Å². The van der Waals surface area contributed by atoms with Crippen LogP contribution in [0.1, 0.15) is 45.1 Å². The number of carbonyl (C=O) groups excluding carboxylic acids is 1. The van der Waals surface area contributed by atoms with E-state index in [9.17, 15) is 14.3 Å². The number of hydrogen-bond acceptors (Lipinski definition) is 5. The lowest BCUT2D eigenvalue weighted by Crippen LogP contribution is -2.49. The van der Waals surface area contributed by atoms with Crippen LogP contribution in [0.25, 0.3) is 11.3 Å². The Bertz CT molecular complexity index is 1390. The van der Waals surface area contributed by atoms with Crippen molar-refractivity contribution in [3.8, 4) is 11.3 Å². The highest BCUT2D eigenvalue weighted by atomic mass is 31.0. The second kappa shape index (κ2) is 13.2. The maximum Gasteiger partial charge on any atom is 0.251 e. The van der Waals surface area contributed by atoms with Gasteiger partial charge in [0.25, 0.3) is 5.91 Å². The summed E-state index contributed by atoms with van der Waals surface area (Å²) in [7, 11) is 2.54. The highest BCUT2D eigenvalue weighted by molar-refractivity contribution is 7.27. The molecule has 3 N–H and O–H groups in total. The zero-order chi connectivity index (χ0) is 30.8. The van der Waals surface area contributed by atoms with Crippen LogP contribution in [0.5, 0.6) is 0 Å². The minimum absolute atomic E-state index is 0.0471. The zero-order valence-corrected chi connectivity index (χ0v) is 25.8. The highest BCUT2D eigenvalue weighted by Gasteiger charge is 2.43. The first kappa shape index (κ1) is 32.1. The molecule has 228 valence electrons. The number of imidazole rings is 1. The standard InChI is InChI=1S/C31H41F3N5O2P/c1-19(40)30(41)39(16-21-15-37(11-10-35)17-26(21)34)28(31(2,3)4)29-36-27(24-13-23(42)8-9-25(24)33)18-38(29)14-20-6-5-7-22(32)12-20/h5-9,12-13,18-19,21,26,28,40H,10-11,14-17,35,42H2,1-4H3/t19-,21?,26?,28?/m0/s1.